The summed E-state index contributed by atoms with van der Waals surface area (Å²) < 4.78 is 47.1. The number of pyridine rings is 1. The third kappa shape index (κ3) is 3.55. The SMILES string of the molecule is CC1(C)COC(c2cccc(F)c2)CN1S(=O)(=O)c1cc(Cl)cnc1N. The smallest absolute Gasteiger partial charge is 0.247 e. The molecule has 0 bridgehead atoms. The number of ether oxygens (including phenoxy) is 1. The molecule has 26 heavy (non-hydrogen) atoms. The number of rotatable bonds is 3. The number of benzene rings is 1. The third-order valence-corrected chi connectivity index (χ3v) is 6.59. The van der Waals surface area contributed by atoms with E-state index in [-0.39, 0.29) is 28.9 Å². The van der Waals surface area contributed by atoms with E-state index in [1.165, 1.54) is 28.7 Å². The zero-order valence-corrected chi connectivity index (χ0v) is 15.9. The number of hydrogen-bond donors (Lipinski definition) is 1. The monoisotopic (exact) mass is 399 g/mol. The molecule has 0 aliphatic carbocycles. The number of nitrogens with zero attached hydrogens (tertiary/aromatic N) is 2. The third-order valence-electron chi connectivity index (χ3n) is 4.28. The number of morpholine rings is 1. The van der Waals surface area contributed by atoms with Crippen LogP contribution in [-0.4, -0.2) is 36.4 Å². The standard InChI is InChI=1S/C17H19ClFN3O3S/c1-17(2)10-25-14(11-4-3-5-13(19)6-11)9-22(17)26(23,24)15-7-12(18)8-21-16(15)20/h3-8,14H,9-10H2,1-2H3,(H2,20,21). The van der Waals surface area contributed by atoms with Gasteiger partial charge in [0.1, 0.15) is 16.5 Å². The minimum absolute atomic E-state index is 0.0186. The van der Waals surface area contributed by atoms with Crippen molar-refractivity contribution in [3.63, 3.8) is 0 Å². The van der Waals surface area contributed by atoms with Crippen molar-refractivity contribution in [3.05, 3.63) is 52.9 Å². The number of nitrogens with two attached hydrogens (primary N) is 1. The van der Waals surface area contributed by atoms with E-state index in [4.69, 9.17) is 22.1 Å². The van der Waals surface area contributed by atoms with E-state index >= 15 is 0 Å². The summed E-state index contributed by atoms with van der Waals surface area (Å²) >= 11 is 5.91. The summed E-state index contributed by atoms with van der Waals surface area (Å²) in [6.45, 7) is 3.66. The Morgan fingerprint density at radius 2 is 2.12 bits per heavy atom. The highest BCUT2D eigenvalue weighted by atomic mass is 35.5. The Bertz CT molecular complexity index is 937. The summed E-state index contributed by atoms with van der Waals surface area (Å²) in [6, 6.07) is 7.20. The molecular formula is C17H19ClFN3O3S. The molecule has 2 aromatic rings. The molecule has 3 rings (SSSR count). The maximum Gasteiger partial charge on any atom is 0.247 e. The van der Waals surface area contributed by atoms with E-state index in [9.17, 15) is 12.8 Å². The van der Waals surface area contributed by atoms with Crippen LogP contribution >= 0.6 is 11.6 Å². The second kappa shape index (κ2) is 6.77. The van der Waals surface area contributed by atoms with E-state index in [1.54, 1.807) is 26.0 Å². The Balaban J connectivity index is 2.01. The molecule has 0 saturated carbocycles. The lowest BCUT2D eigenvalue weighted by atomic mass is 10.0. The van der Waals surface area contributed by atoms with Gasteiger partial charge in [0, 0.05) is 12.7 Å². The molecule has 9 heteroatoms. The first-order valence-electron chi connectivity index (χ1n) is 7.92. The Labute approximate surface area is 156 Å². The Hall–Kier alpha value is -1.74. The predicted molar refractivity (Wildman–Crippen MR) is 96.7 cm³/mol. The van der Waals surface area contributed by atoms with Gasteiger partial charge in [-0.1, -0.05) is 23.7 Å². The van der Waals surface area contributed by atoms with Crippen LogP contribution in [0.2, 0.25) is 5.02 Å². The van der Waals surface area contributed by atoms with Crippen molar-refractivity contribution in [2.75, 3.05) is 18.9 Å². The lowest BCUT2D eigenvalue weighted by Gasteiger charge is -2.44. The molecule has 1 aliphatic heterocycles. The average molecular weight is 400 g/mol. The fraction of sp³-hybridized carbons (Fsp3) is 0.353. The molecule has 1 unspecified atom stereocenters. The van der Waals surface area contributed by atoms with Gasteiger partial charge in [-0.05, 0) is 37.6 Å². The molecule has 0 amide bonds. The molecule has 1 saturated heterocycles. The van der Waals surface area contributed by atoms with Gasteiger partial charge >= 0.3 is 0 Å². The Morgan fingerprint density at radius 3 is 2.81 bits per heavy atom. The first-order valence-corrected chi connectivity index (χ1v) is 9.74. The minimum atomic E-state index is -3.99. The summed E-state index contributed by atoms with van der Waals surface area (Å²) in [5, 5.41) is 0.172. The topological polar surface area (TPSA) is 85.5 Å². The van der Waals surface area contributed by atoms with Crippen molar-refractivity contribution in [1.82, 2.24) is 9.29 Å². The van der Waals surface area contributed by atoms with Crippen LogP contribution in [0.1, 0.15) is 25.5 Å². The molecule has 2 N–H and O–H groups in total. The number of nitrogen functional groups attached to an aromatic ring is 1. The first-order chi connectivity index (χ1) is 12.1. The molecule has 6 nitrogen and oxygen atoms in total. The Kier molecular flexibility index (Phi) is 4.96. The fourth-order valence-electron chi connectivity index (χ4n) is 2.92. The van der Waals surface area contributed by atoms with Crippen molar-refractivity contribution in [3.8, 4) is 0 Å². The second-order valence-corrected chi connectivity index (χ2v) is 9.01. The van der Waals surface area contributed by atoms with E-state index in [0.29, 0.717) is 5.56 Å². The first kappa shape index (κ1) is 19.0. The van der Waals surface area contributed by atoms with Crippen molar-refractivity contribution in [2.24, 2.45) is 0 Å². The Morgan fingerprint density at radius 1 is 1.38 bits per heavy atom. The lowest BCUT2D eigenvalue weighted by molar-refractivity contribution is -0.0656. The second-order valence-electron chi connectivity index (χ2n) is 6.74. The summed E-state index contributed by atoms with van der Waals surface area (Å²) in [7, 11) is -3.99. The van der Waals surface area contributed by atoms with Gasteiger partial charge in [-0.3, -0.25) is 0 Å². The zero-order valence-electron chi connectivity index (χ0n) is 14.3. The largest absolute Gasteiger partial charge is 0.383 e. The van der Waals surface area contributed by atoms with E-state index in [0.717, 1.165) is 0 Å². The van der Waals surface area contributed by atoms with Gasteiger partial charge in [-0.25, -0.2) is 17.8 Å². The molecule has 1 fully saturated rings. The number of anilines is 1. The van der Waals surface area contributed by atoms with Crippen LogP contribution in [0.25, 0.3) is 0 Å². The summed E-state index contributed by atoms with van der Waals surface area (Å²) in [5.41, 5.74) is 5.53. The van der Waals surface area contributed by atoms with Crippen molar-refractivity contribution >= 4 is 27.4 Å². The molecule has 0 radical (unpaired) electrons. The highest BCUT2D eigenvalue weighted by Gasteiger charge is 2.44. The van der Waals surface area contributed by atoms with Crippen molar-refractivity contribution < 1.29 is 17.5 Å². The minimum Gasteiger partial charge on any atom is -0.383 e. The molecule has 0 spiro atoms. The quantitative estimate of drug-likeness (QED) is 0.857. The van der Waals surface area contributed by atoms with Gasteiger partial charge in [0.2, 0.25) is 10.0 Å². The van der Waals surface area contributed by atoms with Crippen LogP contribution in [0.5, 0.6) is 0 Å². The van der Waals surface area contributed by atoms with Crippen LogP contribution in [0.4, 0.5) is 10.2 Å². The summed E-state index contributed by atoms with van der Waals surface area (Å²) in [6.07, 6.45) is 0.692. The van der Waals surface area contributed by atoms with Gasteiger partial charge in [0.15, 0.2) is 0 Å². The number of halogens is 2. The molecule has 1 aromatic carbocycles. The van der Waals surface area contributed by atoms with Gasteiger partial charge in [-0.2, -0.15) is 4.31 Å². The van der Waals surface area contributed by atoms with Gasteiger partial charge in [0.25, 0.3) is 0 Å². The van der Waals surface area contributed by atoms with Gasteiger partial charge < -0.3 is 10.5 Å². The normalized spacial score (nSPS) is 20.8. The van der Waals surface area contributed by atoms with Crippen LogP contribution < -0.4 is 5.73 Å². The van der Waals surface area contributed by atoms with E-state index in [1.807, 2.05) is 0 Å². The zero-order chi connectivity index (χ0) is 19.1. The van der Waals surface area contributed by atoms with Crippen molar-refractivity contribution in [2.45, 2.75) is 30.4 Å². The van der Waals surface area contributed by atoms with Gasteiger partial charge in [-0.15, -0.1) is 0 Å². The number of aromatic nitrogens is 1. The predicted octanol–water partition coefficient (Wildman–Crippen LogP) is 3.00. The fourth-order valence-corrected chi connectivity index (χ4v) is 5.00. The molecular weight excluding hydrogens is 381 g/mol. The van der Waals surface area contributed by atoms with E-state index < -0.39 is 27.5 Å². The number of hydrogen-bond acceptors (Lipinski definition) is 5. The molecule has 140 valence electrons. The lowest BCUT2D eigenvalue weighted by Crippen LogP contribution is -2.56. The van der Waals surface area contributed by atoms with Crippen LogP contribution in [0, 0.1) is 5.82 Å². The van der Waals surface area contributed by atoms with Crippen LogP contribution in [0.15, 0.2) is 41.4 Å². The van der Waals surface area contributed by atoms with Gasteiger partial charge in [0.05, 0.1) is 23.3 Å². The number of sulfonamides is 1. The highest BCUT2D eigenvalue weighted by molar-refractivity contribution is 7.89. The van der Waals surface area contributed by atoms with E-state index in [2.05, 4.69) is 4.98 Å². The maximum atomic E-state index is 13.5. The molecule has 1 atom stereocenters. The molecule has 1 aliphatic rings. The summed E-state index contributed by atoms with van der Waals surface area (Å²) in [4.78, 5) is 3.68. The van der Waals surface area contributed by atoms with Crippen LogP contribution in [0.3, 0.4) is 0 Å². The average Bonchev–Trinajstić information content (AvgIpc) is 2.56. The highest BCUT2D eigenvalue weighted by Crippen LogP contribution is 2.36. The van der Waals surface area contributed by atoms with Crippen LogP contribution in [-0.2, 0) is 14.8 Å². The molecule has 1 aromatic heterocycles. The van der Waals surface area contributed by atoms with Crippen molar-refractivity contribution in [1.29, 1.82) is 0 Å². The molecule has 2 heterocycles. The maximum absolute atomic E-state index is 13.5. The summed E-state index contributed by atoms with van der Waals surface area (Å²) in [5.74, 6) is -0.535.